The fourth-order valence-corrected chi connectivity index (χ4v) is 3.29. The molecule has 7 nitrogen and oxygen atoms in total. The van der Waals surface area contributed by atoms with E-state index in [9.17, 15) is 23.1 Å². The average molecular weight is 597 g/mol. The number of halogens is 4. The second-order valence-electron chi connectivity index (χ2n) is 8.21. The summed E-state index contributed by atoms with van der Waals surface area (Å²) in [6.45, 7) is 2.78. The van der Waals surface area contributed by atoms with Gasteiger partial charge in [0.2, 0.25) is 5.95 Å². The summed E-state index contributed by atoms with van der Waals surface area (Å²) in [5.41, 5.74) is 0.991. The molecule has 0 aliphatic carbocycles. The van der Waals surface area contributed by atoms with Crippen molar-refractivity contribution in [3.8, 4) is 0 Å². The minimum Gasteiger partial charge on any atom is -0.480 e. The molecule has 0 bridgehead atoms. The Bertz CT molecular complexity index is 1210. The van der Waals surface area contributed by atoms with Crippen LogP contribution in [0.5, 0.6) is 0 Å². The van der Waals surface area contributed by atoms with Gasteiger partial charge >= 0.3 is 9.90 Å². The van der Waals surface area contributed by atoms with E-state index in [4.69, 9.17) is 0 Å². The molecule has 0 spiro atoms. The van der Waals surface area contributed by atoms with Crippen LogP contribution in [0.4, 0.5) is 24.9 Å². The van der Waals surface area contributed by atoms with Gasteiger partial charge in [-0.25, -0.2) is 14.2 Å². The third-order valence-corrected chi connectivity index (χ3v) is 5.60. The smallest absolute Gasteiger partial charge is 0.328 e. The fourth-order valence-electron chi connectivity index (χ4n) is 2.95. The molecule has 0 fully saturated rings. The molecule has 2 heterocycles. The molecule has 0 aliphatic rings. The second-order valence-corrected chi connectivity index (χ2v) is 9.57. The van der Waals surface area contributed by atoms with Gasteiger partial charge in [0.15, 0.2) is 11.6 Å². The number of rotatable bonds is 10. The van der Waals surface area contributed by atoms with E-state index in [1.165, 1.54) is 32.2 Å². The predicted octanol–water partition coefficient (Wildman–Crippen LogP) is 5.64. The van der Waals surface area contributed by atoms with Crippen molar-refractivity contribution in [3.05, 3.63) is 83.2 Å². The topological polar surface area (TPSA) is 100 Å². The summed E-state index contributed by atoms with van der Waals surface area (Å²) in [7, 11) is 0. The summed E-state index contributed by atoms with van der Waals surface area (Å²) in [4.78, 5) is 23.4. The molecular formula is C24H23F3IN5O2. The predicted molar refractivity (Wildman–Crippen MR) is 136 cm³/mol. The van der Waals surface area contributed by atoms with E-state index >= 15 is 0 Å². The standard InChI is InChI=1S/C24H23F3IN5O2/c1-23(2,21(34)35)33-20-19(25)14-31-22(32-20)29-11-10-18-9-8-16(13-30-18)7-6-15-4-3-5-17(12-15)24(26,27)28/h3-5,8-14H,6-7H2,1-2H3,(H,34,35)(H2,29,31,32,33)/b11-10+. The van der Waals surface area contributed by atoms with Crippen LogP contribution in [-0.4, -0.2) is 31.6 Å². The monoisotopic (exact) mass is 597 g/mol. The molecule has 0 saturated carbocycles. The van der Waals surface area contributed by atoms with Crippen molar-refractivity contribution < 1.29 is 23.1 Å². The minimum absolute atomic E-state index is 0.0136. The Morgan fingerprint density at radius 1 is 1.11 bits per heavy atom. The Morgan fingerprint density at radius 2 is 1.86 bits per heavy atom. The number of carboxylic acids is 1. The van der Waals surface area contributed by atoms with Crippen LogP contribution in [0.15, 0.2) is 55.0 Å². The van der Waals surface area contributed by atoms with E-state index in [1.54, 1.807) is 24.4 Å². The van der Waals surface area contributed by atoms with Gasteiger partial charge in [-0.3, -0.25) is 4.98 Å². The molecule has 0 radical (unpaired) electrons. The lowest BCUT2D eigenvalue weighted by Crippen LogP contribution is -2.40. The second kappa shape index (κ2) is 11.0. The van der Waals surface area contributed by atoms with Crippen LogP contribution < -0.4 is 10.6 Å². The highest BCUT2D eigenvalue weighted by Crippen LogP contribution is 2.35. The number of carboxylic acid groups (broad SMARTS) is 1. The Balaban J connectivity index is 1.57. The first-order valence-electron chi connectivity index (χ1n) is 10.5. The van der Waals surface area contributed by atoms with Crippen LogP contribution >= 0.6 is 22.6 Å². The van der Waals surface area contributed by atoms with Crippen molar-refractivity contribution in [2.45, 2.75) is 36.2 Å². The summed E-state index contributed by atoms with van der Waals surface area (Å²) < 4.78 is 38.1. The number of aliphatic carboxylic acids is 1. The van der Waals surface area contributed by atoms with E-state index < -0.39 is 21.3 Å². The number of pyridine rings is 1. The summed E-state index contributed by atoms with van der Waals surface area (Å²) in [6, 6.07) is 10.1. The van der Waals surface area contributed by atoms with E-state index in [0.717, 1.165) is 39.9 Å². The number of nitrogens with zero attached hydrogens (tertiary/aromatic N) is 3. The Hall–Kier alpha value is -3.22. The molecule has 0 saturated heterocycles. The molecule has 3 N–H and O–H groups in total. The SMILES string of the molecule is CC(C)(Nc1nc(N/C=C/c2ccc(CCc3cccc(C(F)(F)I)c3)cn2)ncc1F)C(=O)O. The highest BCUT2D eigenvalue weighted by atomic mass is 127. The zero-order valence-electron chi connectivity index (χ0n) is 18.9. The molecule has 1 aromatic carbocycles. The first-order valence-corrected chi connectivity index (χ1v) is 11.6. The van der Waals surface area contributed by atoms with Crippen molar-refractivity contribution in [3.63, 3.8) is 0 Å². The number of carbonyl (C=O) groups is 1. The zero-order valence-corrected chi connectivity index (χ0v) is 21.1. The molecular weight excluding hydrogens is 574 g/mol. The summed E-state index contributed by atoms with van der Waals surface area (Å²) in [5, 5.41) is 14.5. The van der Waals surface area contributed by atoms with Crippen LogP contribution in [0.25, 0.3) is 6.08 Å². The van der Waals surface area contributed by atoms with Crippen LogP contribution in [0.2, 0.25) is 0 Å². The highest BCUT2D eigenvalue weighted by Gasteiger charge is 2.28. The molecule has 0 unspecified atom stereocenters. The van der Waals surface area contributed by atoms with Crippen LogP contribution in [0, 0.1) is 5.82 Å². The van der Waals surface area contributed by atoms with Gasteiger partial charge in [-0.15, -0.1) is 0 Å². The number of anilines is 2. The lowest BCUT2D eigenvalue weighted by molar-refractivity contribution is -0.141. The molecule has 3 rings (SSSR count). The van der Waals surface area contributed by atoms with Gasteiger partial charge in [-0.2, -0.15) is 13.8 Å². The maximum absolute atomic E-state index is 14.0. The quantitative estimate of drug-likeness (QED) is 0.206. The van der Waals surface area contributed by atoms with Gasteiger partial charge in [-0.05, 0) is 56.0 Å². The van der Waals surface area contributed by atoms with Gasteiger partial charge < -0.3 is 15.7 Å². The molecule has 184 valence electrons. The number of aromatic nitrogens is 3. The molecule has 2 aromatic heterocycles. The third kappa shape index (κ3) is 7.64. The highest BCUT2D eigenvalue weighted by molar-refractivity contribution is 14.1. The average Bonchev–Trinajstić information content (AvgIpc) is 2.80. The first kappa shape index (κ1) is 26.4. The number of benzene rings is 1. The van der Waals surface area contributed by atoms with E-state index in [1.807, 2.05) is 12.1 Å². The van der Waals surface area contributed by atoms with E-state index in [-0.39, 0.29) is 17.3 Å². The van der Waals surface area contributed by atoms with E-state index in [0.29, 0.717) is 18.5 Å². The number of nitrogens with one attached hydrogen (secondary N) is 2. The summed E-state index contributed by atoms with van der Waals surface area (Å²) in [5.74, 6) is -2.10. The number of hydrogen-bond acceptors (Lipinski definition) is 6. The zero-order chi connectivity index (χ0) is 25.6. The molecule has 0 atom stereocenters. The minimum atomic E-state index is -2.90. The van der Waals surface area contributed by atoms with Gasteiger partial charge in [0.05, 0.1) is 11.9 Å². The lowest BCUT2D eigenvalue weighted by atomic mass is 10.0. The van der Waals surface area contributed by atoms with Crippen molar-refractivity contribution in [2.75, 3.05) is 10.6 Å². The summed E-state index contributed by atoms with van der Waals surface area (Å²) >= 11 is 1.12. The fraction of sp³-hybridized carbons (Fsp3) is 0.250. The maximum Gasteiger partial charge on any atom is 0.328 e. The van der Waals surface area contributed by atoms with Gasteiger partial charge in [0.1, 0.15) is 5.54 Å². The first-order chi connectivity index (χ1) is 16.4. The normalized spacial score (nSPS) is 12.1. The molecule has 0 aliphatic heterocycles. The Kier molecular flexibility index (Phi) is 8.30. The van der Waals surface area contributed by atoms with Crippen LogP contribution in [0.1, 0.15) is 36.2 Å². The molecule has 3 aromatic rings. The van der Waals surface area contributed by atoms with Crippen molar-refractivity contribution >= 4 is 46.4 Å². The molecule has 35 heavy (non-hydrogen) atoms. The van der Waals surface area contributed by atoms with Crippen LogP contribution in [-0.2, 0) is 21.6 Å². The van der Waals surface area contributed by atoms with Gasteiger partial charge in [0.25, 0.3) is 0 Å². The van der Waals surface area contributed by atoms with E-state index in [2.05, 4.69) is 25.6 Å². The van der Waals surface area contributed by atoms with Gasteiger partial charge in [-0.1, -0.05) is 24.3 Å². The third-order valence-electron chi connectivity index (χ3n) is 4.98. The Labute approximate surface area is 214 Å². The Morgan fingerprint density at radius 3 is 2.51 bits per heavy atom. The molecule has 11 heteroatoms. The van der Waals surface area contributed by atoms with Crippen molar-refractivity contribution in [1.29, 1.82) is 0 Å². The number of hydrogen-bond donors (Lipinski definition) is 3. The largest absolute Gasteiger partial charge is 0.480 e. The molecule has 0 amide bonds. The number of aryl methyl sites for hydroxylation is 2. The lowest BCUT2D eigenvalue weighted by Gasteiger charge is -2.21. The van der Waals surface area contributed by atoms with Crippen molar-refractivity contribution in [1.82, 2.24) is 15.0 Å². The van der Waals surface area contributed by atoms with Crippen LogP contribution in [0.3, 0.4) is 0 Å². The van der Waals surface area contributed by atoms with Gasteiger partial charge in [0, 0.05) is 40.6 Å². The maximum atomic E-state index is 14.0. The van der Waals surface area contributed by atoms with Crippen molar-refractivity contribution in [2.24, 2.45) is 0 Å². The summed E-state index contributed by atoms with van der Waals surface area (Å²) in [6.07, 6.45) is 7.09. The number of alkyl halides is 3.